The maximum Gasteiger partial charge on any atom is 0.307 e. The first-order chi connectivity index (χ1) is 11.7. The van der Waals surface area contributed by atoms with E-state index in [-0.39, 0.29) is 37.2 Å². The molecule has 6 nitrogen and oxygen atoms in total. The maximum atomic E-state index is 12.7. The normalized spacial score (nSPS) is 16.7. The third-order valence-corrected chi connectivity index (χ3v) is 4.06. The van der Waals surface area contributed by atoms with Crippen molar-refractivity contribution in [3.63, 3.8) is 0 Å². The Labute approximate surface area is 152 Å². The largest absolute Gasteiger partial charge is 0.476 e. The van der Waals surface area contributed by atoms with Gasteiger partial charge < -0.3 is 14.4 Å². The van der Waals surface area contributed by atoms with Crippen LogP contribution in [-0.4, -0.2) is 41.8 Å². The van der Waals surface area contributed by atoms with Crippen molar-refractivity contribution in [2.24, 2.45) is 0 Å². The monoisotopic (exact) mass is 367 g/mol. The Morgan fingerprint density at radius 3 is 2.64 bits per heavy atom. The number of esters is 1. The highest BCUT2D eigenvalue weighted by molar-refractivity contribution is 6.33. The summed E-state index contributed by atoms with van der Waals surface area (Å²) in [6.45, 7) is 7.06. The third kappa shape index (κ3) is 4.12. The number of anilines is 1. The summed E-state index contributed by atoms with van der Waals surface area (Å²) in [5.74, 6) is -0.435. The SMILES string of the molecule is CCOC(=O)CCN1C(=O)C(C)(C)Oc2ccc(C(=O)C(C)Cl)cc21. The number of halogens is 1. The van der Waals surface area contributed by atoms with Crippen LogP contribution < -0.4 is 9.64 Å². The van der Waals surface area contributed by atoms with Crippen LogP contribution in [0.2, 0.25) is 0 Å². The lowest BCUT2D eigenvalue weighted by Gasteiger charge is -2.38. The fraction of sp³-hybridized carbons (Fsp3) is 0.500. The van der Waals surface area contributed by atoms with Gasteiger partial charge in [-0.25, -0.2) is 0 Å². The van der Waals surface area contributed by atoms with Gasteiger partial charge in [-0.3, -0.25) is 14.4 Å². The molecule has 1 unspecified atom stereocenters. The summed E-state index contributed by atoms with van der Waals surface area (Å²) < 4.78 is 10.7. The van der Waals surface area contributed by atoms with Crippen molar-refractivity contribution in [2.75, 3.05) is 18.1 Å². The second-order valence-electron chi connectivity index (χ2n) is 6.29. The van der Waals surface area contributed by atoms with E-state index in [1.54, 1.807) is 45.9 Å². The number of nitrogens with zero attached hydrogens (tertiary/aromatic N) is 1. The molecule has 0 bridgehead atoms. The fourth-order valence-electron chi connectivity index (χ4n) is 2.61. The van der Waals surface area contributed by atoms with Crippen LogP contribution in [0, 0.1) is 0 Å². The molecule has 1 heterocycles. The van der Waals surface area contributed by atoms with E-state index in [1.165, 1.54) is 4.90 Å². The Morgan fingerprint density at radius 1 is 1.36 bits per heavy atom. The van der Waals surface area contributed by atoms with Crippen LogP contribution in [0.15, 0.2) is 18.2 Å². The Morgan fingerprint density at radius 2 is 2.04 bits per heavy atom. The van der Waals surface area contributed by atoms with E-state index in [1.807, 2.05) is 0 Å². The van der Waals surface area contributed by atoms with Crippen LogP contribution in [-0.2, 0) is 14.3 Å². The standard InChI is InChI=1S/C18H22ClNO5/c1-5-24-15(21)8-9-20-13-10-12(16(22)11(2)19)6-7-14(13)25-18(3,4)17(20)23/h6-7,10-11H,5,8-9H2,1-4H3. The van der Waals surface area contributed by atoms with Crippen molar-refractivity contribution in [2.45, 2.75) is 45.1 Å². The van der Waals surface area contributed by atoms with E-state index >= 15 is 0 Å². The molecule has 0 aliphatic carbocycles. The minimum Gasteiger partial charge on any atom is -0.476 e. The van der Waals surface area contributed by atoms with Crippen molar-refractivity contribution in [1.29, 1.82) is 0 Å². The van der Waals surface area contributed by atoms with Gasteiger partial charge in [-0.15, -0.1) is 11.6 Å². The van der Waals surface area contributed by atoms with Crippen molar-refractivity contribution >= 4 is 34.9 Å². The number of benzene rings is 1. The van der Waals surface area contributed by atoms with Gasteiger partial charge >= 0.3 is 5.97 Å². The number of carbonyl (C=O) groups excluding carboxylic acids is 3. The van der Waals surface area contributed by atoms with Crippen LogP contribution in [0.4, 0.5) is 5.69 Å². The highest BCUT2D eigenvalue weighted by atomic mass is 35.5. The number of rotatable bonds is 6. The average Bonchev–Trinajstić information content (AvgIpc) is 2.54. The van der Waals surface area contributed by atoms with Crippen LogP contribution >= 0.6 is 11.6 Å². The van der Waals surface area contributed by atoms with E-state index in [0.29, 0.717) is 17.0 Å². The predicted molar refractivity (Wildman–Crippen MR) is 94.4 cm³/mol. The highest BCUT2D eigenvalue weighted by Gasteiger charge is 2.41. The van der Waals surface area contributed by atoms with Crippen LogP contribution in [0.1, 0.15) is 44.5 Å². The lowest BCUT2D eigenvalue weighted by Crippen LogP contribution is -2.53. The number of hydrogen-bond donors (Lipinski definition) is 0. The number of ketones is 1. The van der Waals surface area contributed by atoms with Gasteiger partial charge in [0.1, 0.15) is 5.75 Å². The van der Waals surface area contributed by atoms with Gasteiger partial charge in [0.15, 0.2) is 11.4 Å². The quantitative estimate of drug-likeness (QED) is 0.439. The number of fused-ring (bicyclic) bond motifs is 1. The van der Waals surface area contributed by atoms with Gasteiger partial charge in [0.25, 0.3) is 5.91 Å². The van der Waals surface area contributed by atoms with E-state index < -0.39 is 11.0 Å². The molecule has 1 aliphatic heterocycles. The summed E-state index contributed by atoms with van der Waals surface area (Å²) in [5, 5.41) is -0.678. The molecule has 1 aromatic carbocycles. The van der Waals surface area contributed by atoms with Gasteiger partial charge in [-0.2, -0.15) is 0 Å². The van der Waals surface area contributed by atoms with Crippen LogP contribution in [0.25, 0.3) is 0 Å². The lowest BCUT2D eigenvalue weighted by molar-refractivity contribution is -0.143. The average molecular weight is 368 g/mol. The molecule has 136 valence electrons. The van der Waals surface area contributed by atoms with Gasteiger partial charge in [0.2, 0.25) is 0 Å². The molecule has 0 N–H and O–H groups in total. The second kappa shape index (κ2) is 7.44. The summed E-state index contributed by atoms with van der Waals surface area (Å²) in [6.07, 6.45) is 0.0547. The summed E-state index contributed by atoms with van der Waals surface area (Å²) in [7, 11) is 0. The molecule has 0 saturated carbocycles. The first-order valence-corrected chi connectivity index (χ1v) is 8.60. The van der Waals surface area contributed by atoms with Gasteiger partial charge in [0, 0.05) is 12.1 Å². The van der Waals surface area contributed by atoms with Crippen LogP contribution in [0.3, 0.4) is 0 Å². The molecule has 1 amide bonds. The zero-order chi connectivity index (χ0) is 18.8. The molecule has 7 heteroatoms. The van der Waals surface area contributed by atoms with E-state index in [9.17, 15) is 14.4 Å². The molecule has 0 aromatic heterocycles. The minimum absolute atomic E-state index is 0.0547. The second-order valence-corrected chi connectivity index (χ2v) is 6.94. The molecular formula is C18H22ClNO5. The first kappa shape index (κ1) is 19.2. The van der Waals surface area contributed by atoms with Gasteiger partial charge in [-0.05, 0) is 45.9 Å². The summed E-state index contributed by atoms with van der Waals surface area (Å²) in [5.41, 5.74) is -0.220. The van der Waals surface area contributed by atoms with Crippen molar-refractivity contribution in [1.82, 2.24) is 0 Å². The smallest absolute Gasteiger partial charge is 0.307 e. The summed E-state index contributed by atoms with van der Waals surface area (Å²) >= 11 is 5.87. The van der Waals surface area contributed by atoms with E-state index in [2.05, 4.69) is 0 Å². The fourth-order valence-corrected chi connectivity index (χ4v) is 2.73. The van der Waals surface area contributed by atoms with Gasteiger partial charge in [-0.1, -0.05) is 0 Å². The minimum atomic E-state index is -1.06. The number of Topliss-reactive ketones (excluding diaryl/α,β-unsaturated/α-hetero) is 1. The highest BCUT2D eigenvalue weighted by Crippen LogP contribution is 2.38. The Hall–Kier alpha value is -2.08. The van der Waals surface area contributed by atoms with E-state index in [4.69, 9.17) is 21.1 Å². The maximum absolute atomic E-state index is 12.7. The molecule has 1 aromatic rings. The summed E-state index contributed by atoms with van der Waals surface area (Å²) in [4.78, 5) is 38.0. The molecule has 0 saturated heterocycles. The molecule has 0 spiro atoms. The molecule has 1 atom stereocenters. The predicted octanol–water partition coefficient (Wildman–Crippen LogP) is 2.95. The van der Waals surface area contributed by atoms with Crippen molar-refractivity contribution < 1.29 is 23.9 Å². The first-order valence-electron chi connectivity index (χ1n) is 8.16. The molecule has 0 radical (unpaired) electrons. The third-order valence-electron chi connectivity index (χ3n) is 3.87. The zero-order valence-electron chi connectivity index (χ0n) is 14.8. The Balaban J connectivity index is 2.37. The molecule has 0 fully saturated rings. The zero-order valence-corrected chi connectivity index (χ0v) is 15.6. The molecule has 25 heavy (non-hydrogen) atoms. The number of amides is 1. The number of alkyl halides is 1. The lowest BCUT2D eigenvalue weighted by atomic mass is 10.0. The van der Waals surface area contributed by atoms with Crippen molar-refractivity contribution in [3.8, 4) is 5.75 Å². The van der Waals surface area contributed by atoms with Gasteiger partial charge in [0.05, 0.1) is 24.1 Å². The number of carbonyl (C=O) groups is 3. The number of ether oxygens (including phenoxy) is 2. The number of hydrogen-bond acceptors (Lipinski definition) is 5. The van der Waals surface area contributed by atoms with E-state index in [0.717, 1.165) is 0 Å². The Kier molecular flexibility index (Phi) is 5.72. The molecule has 2 rings (SSSR count). The van der Waals surface area contributed by atoms with Crippen molar-refractivity contribution in [3.05, 3.63) is 23.8 Å². The topological polar surface area (TPSA) is 72.9 Å². The Bertz CT molecular complexity index is 699. The van der Waals surface area contributed by atoms with Crippen LogP contribution in [0.5, 0.6) is 5.75 Å². The molecular weight excluding hydrogens is 346 g/mol. The summed E-state index contributed by atoms with van der Waals surface area (Å²) in [6, 6.07) is 4.84. The molecule has 1 aliphatic rings.